The lowest BCUT2D eigenvalue weighted by Gasteiger charge is -2.40. The van der Waals surface area contributed by atoms with Crippen LogP contribution in [-0.4, -0.2) is 24.3 Å². The number of rotatable bonds is 6. The van der Waals surface area contributed by atoms with Crippen LogP contribution >= 0.6 is 0 Å². The van der Waals surface area contributed by atoms with Crippen molar-refractivity contribution in [1.82, 2.24) is 0 Å². The van der Waals surface area contributed by atoms with Crippen molar-refractivity contribution in [3.63, 3.8) is 0 Å². The Morgan fingerprint density at radius 1 is 1.41 bits per heavy atom. The highest BCUT2D eigenvalue weighted by Gasteiger charge is 2.34. The summed E-state index contributed by atoms with van der Waals surface area (Å²) in [6, 6.07) is 0. The Balaban J connectivity index is 2.51. The van der Waals surface area contributed by atoms with Crippen molar-refractivity contribution in [1.29, 1.82) is 0 Å². The molecule has 0 amide bonds. The van der Waals surface area contributed by atoms with Crippen LogP contribution in [0.4, 0.5) is 0 Å². The van der Waals surface area contributed by atoms with Gasteiger partial charge in [0.25, 0.3) is 0 Å². The molecule has 3 nitrogen and oxygen atoms in total. The fourth-order valence-electron chi connectivity index (χ4n) is 3.26. The van der Waals surface area contributed by atoms with Gasteiger partial charge in [0, 0.05) is 5.57 Å². The minimum absolute atomic E-state index is 0.191. The number of carbonyl (C=O) groups excluding carboxylic acids is 1. The Hall–Kier alpha value is -0.830. The zero-order chi connectivity index (χ0) is 17.0. The fraction of sp³-hybridized carbons (Fsp3) is 0.842. The molecule has 1 saturated carbocycles. The molecule has 128 valence electrons. The summed E-state index contributed by atoms with van der Waals surface area (Å²) in [6.45, 7) is 14.7. The van der Waals surface area contributed by atoms with Gasteiger partial charge in [-0.1, -0.05) is 26.3 Å². The molecule has 0 saturated heterocycles. The van der Waals surface area contributed by atoms with E-state index in [0.29, 0.717) is 16.9 Å². The second kappa shape index (κ2) is 7.63. The second-order valence-electron chi connectivity index (χ2n) is 8.15. The van der Waals surface area contributed by atoms with E-state index in [2.05, 4.69) is 20.8 Å². The normalized spacial score (nSPS) is 24.0. The van der Waals surface area contributed by atoms with Crippen molar-refractivity contribution in [2.24, 2.45) is 11.3 Å². The van der Waals surface area contributed by atoms with E-state index in [9.17, 15) is 4.79 Å². The van der Waals surface area contributed by atoms with Crippen molar-refractivity contribution in [3.8, 4) is 0 Å². The van der Waals surface area contributed by atoms with Gasteiger partial charge < -0.3 is 9.47 Å². The lowest BCUT2D eigenvalue weighted by molar-refractivity contribution is -0.158. The van der Waals surface area contributed by atoms with Crippen LogP contribution in [0.25, 0.3) is 0 Å². The Kier molecular flexibility index (Phi) is 6.66. The predicted octanol–water partition coefficient (Wildman–Crippen LogP) is 4.90. The van der Waals surface area contributed by atoms with Gasteiger partial charge in [0.05, 0.1) is 11.7 Å². The molecule has 0 radical (unpaired) electrons. The molecule has 2 atom stereocenters. The first-order valence-electron chi connectivity index (χ1n) is 8.54. The van der Waals surface area contributed by atoms with Gasteiger partial charge in [-0.3, -0.25) is 0 Å². The summed E-state index contributed by atoms with van der Waals surface area (Å²) in [6.07, 6.45) is 6.99. The minimum Gasteiger partial charge on any atom is -0.459 e. The van der Waals surface area contributed by atoms with Crippen molar-refractivity contribution < 1.29 is 14.3 Å². The summed E-state index contributed by atoms with van der Waals surface area (Å²) < 4.78 is 11.6. The van der Waals surface area contributed by atoms with Crippen molar-refractivity contribution in [3.05, 3.63) is 11.6 Å². The van der Waals surface area contributed by atoms with Crippen LogP contribution in [0.2, 0.25) is 0 Å². The van der Waals surface area contributed by atoms with Gasteiger partial charge >= 0.3 is 5.97 Å². The first kappa shape index (κ1) is 19.2. The zero-order valence-electron chi connectivity index (χ0n) is 15.5. The Bertz CT molecular complexity index is 407. The standard InChI is InChI=1S/C19H34O3/c1-8-14(2)17(20)21-13-19(6,7)22-15(3)16-10-9-11-18(4,5)12-16/h8,15-16H,9-13H2,1-7H3/b14-8+. The number of hydrogen-bond acceptors (Lipinski definition) is 3. The van der Waals surface area contributed by atoms with Gasteiger partial charge in [-0.15, -0.1) is 0 Å². The van der Waals surface area contributed by atoms with E-state index in [4.69, 9.17) is 9.47 Å². The number of esters is 1. The van der Waals surface area contributed by atoms with E-state index in [1.54, 1.807) is 13.0 Å². The molecule has 0 aromatic rings. The number of carbonyl (C=O) groups is 1. The smallest absolute Gasteiger partial charge is 0.333 e. The molecule has 1 aliphatic rings. The van der Waals surface area contributed by atoms with Crippen molar-refractivity contribution in [2.75, 3.05) is 6.61 Å². The maximum absolute atomic E-state index is 11.7. The molecule has 1 rings (SSSR count). The molecule has 0 aromatic carbocycles. The van der Waals surface area contributed by atoms with Gasteiger partial charge in [-0.25, -0.2) is 4.79 Å². The first-order chi connectivity index (χ1) is 10.1. The Morgan fingerprint density at radius 2 is 2.05 bits per heavy atom. The van der Waals surface area contributed by atoms with Crippen LogP contribution in [0, 0.1) is 11.3 Å². The maximum atomic E-state index is 11.7. The maximum Gasteiger partial charge on any atom is 0.333 e. The van der Waals surface area contributed by atoms with Crippen molar-refractivity contribution >= 4 is 5.97 Å². The summed E-state index contributed by atoms with van der Waals surface area (Å²) in [7, 11) is 0. The summed E-state index contributed by atoms with van der Waals surface area (Å²) in [4.78, 5) is 11.7. The van der Waals surface area contributed by atoms with E-state index in [1.807, 2.05) is 20.8 Å². The molecule has 0 aromatic heterocycles. The van der Waals surface area contributed by atoms with Crippen molar-refractivity contribution in [2.45, 2.75) is 85.9 Å². The quantitative estimate of drug-likeness (QED) is 0.517. The highest BCUT2D eigenvalue weighted by atomic mass is 16.6. The average Bonchev–Trinajstić information content (AvgIpc) is 2.42. The summed E-state index contributed by atoms with van der Waals surface area (Å²) in [5.41, 5.74) is 0.600. The third kappa shape index (κ3) is 6.12. The molecule has 22 heavy (non-hydrogen) atoms. The van der Waals surface area contributed by atoms with Crippen LogP contribution < -0.4 is 0 Å². The fourth-order valence-corrected chi connectivity index (χ4v) is 3.26. The molecule has 1 aliphatic carbocycles. The van der Waals surface area contributed by atoms with Crippen LogP contribution in [-0.2, 0) is 14.3 Å². The van der Waals surface area contributed by atoms with Crippen LogP contribution in [0.5, 0.6) is 0 Å². The molecule has 3 heteroatoms. The Labute approximate surface area is 136 Å². The number of allylic oxidation sites excluding steroid dienone is 1. The molecule has 0 spiro atoms. The lowest BCUT2D eigenvalue weighted by Crippen LogP contribution is -2.40. The molecule has 0 bridgehead atoms. The van der Waals surface area contributed by atoms with E-state index in [1.165, 1.54) is 25.7 Å². The Morgan fingerprint density at radius 3 is 2.59 bits per heavy atom. The minimum atomic E-state index is -0.454. The van der Waals surface area contributed by atoms with Gasteiger partial charge in [0.15, 0.2) is 0 Å². The SMILES string of the molecule is C/C=C(\C)C(=O)OCC(C)(C)OC(C)C1CCCC(C)(C)C1. The zero-order valence-corrected chi connectivity index (χ0v) is 15.5. The molecule has 2 unspecified atom stereocenters. The number of hydrogen-bond donors (Lipinski definition) is 0. The summed E-state index contributed by atoms with van der Waals surface area (Å²) >= 11 is 0. The summed E-state index contributed by atoms with van der Waals surface area (Å²) in [5, 5.41) is 0. The van der Waals surface area contributed by atoms with Gasteiger partial charge in [-0.2, -0.15) is 0 Å². The average molecular weight is 310 g/mol. The molecule has 0 heterocycles. The van der Waals surface area contributed by atoms with Gasteiger partial charge in [0.2, 0.25) is 0 Å². The van der Waals surface area contributed by atoms with Gasteiger partial charge in [-0.05, 0) is 65.2 Å². The molecular formula is C19H34O3. The second-order valence-corrected chi connectivity index (χ2v) is 8.15. The highest BCUT2D eigenvalue weighted by molar-refractivity contribution is 5.87. The summed E-state index contributed by atoms with van der Waals surface area (Å²) in [5.74, 6) is 0.335. The molecular weight excluding hydrogens is 276 g/mol. The van der Waals surface area contributed by atoms with E-state index in [0.717, 1.165) is 0 Å². The van der Waals surface area contributed by atoms with E-state index < -0.39 is 5.60 Å². The van der Waals surface area contributed by atoms with E-state index in [-0.39, 0.29) is 18.7 Å². The third-order valence-corrected chi connectivity index (χ3v) is 4.72. The van der Waals surface area contributed by atoms with E-state index >= 15 is 0 Å². The first-order valence-corrected chi connectivity index (χ1v) is 8.54. The largest absolute Gasteiger partial charge is 0.459 e. The lowest BCUT2D eigenvalue weighted by atomic mass is 9.71. The van der Waals surface area contributed by atoms with Crippen LogP contribution in [0.3, 0.4) is 0 Å². The highest BCUT2D eigenvalue weighted by Crippen LogP contribution is 2.41. The van der Waals surface area contributed by atoms with Gasteiger partial charge in [0.1, 0.15) is 6.61 Å². The third-order valence-electron chi connectivity index (χ3n) is 4.72. The molecule has 1 fully saturated rings. The molecule has 0 aliphatic heterocycles. The topological polar surface area (TPSA) is 35.5 Å². The van der Waals surface area contributed by atoms with Crippen LogP contribution in [0.15, 0.2) is 11.6 Å². The predicted molar refractivity (Wildman–Crippen MR) is 90.8 cm³/mol. The van der Waals surface area contributed by atoms with Crippen LogP contribution in [0.1, 0.15) is 74.1 Å². The molecule has 0 N–H and O–H groups in total. The monoisotopic (exact) mass is 310 g/mol. The number of ether oxygens (including phenoxy) is 2.